The number of rotatable bonds is 7. The van der Waals surface area contributed by atoms with Crippen LogP contribution in [0.15, 0.2) is 241 Å². The molecular formula is C60H39NO. The Kier molecular flexibility index (Phi) is 8.53. The molecule has 0 spiro atoms. The second kappa shape index (κ2) is 14.8. The van der Waals surface area contributed by atoms with E-state index in [9.17, 15) is 0 Å². The summed E-state index contributed by atoms with van der Waals surface area (Å²) in [4.78, 5) is 2.38. The molecule has 0 bridgehead atoms. The summed E-state index contributed by atoms with van der Waals surface area (Å²) >= 11 is 0. The number of furan rings is 1. The Morgan fingerprint density at radius 2 is 0.758 bits per heavy atom. The van der Waals surface area contributed by atoms with Crippen LogP contribution in [-0.4, -0.2) is 0 Å². The zero-order valence-corrected chi connectivity index (χ0v) is 33.9. The van der Waals surface area contributed by atoms with Gasteiger partial charge in [0.2, 0.25) is 0 Å². The summed E-state index contributed by atoms with van der Waals surface area (Å²) in [5, 5.41) is 9.77. The van der Waals surface area contributed by atoms with Crippen LogP contribution in [0.4, 0.5) is 17.1 Å². The topological polar surface area (TPSA) is 16.4 Å². The lowest BCUT2D eigenvalue weighted by atomic mass is 9.93. The lowest BCUT2D eigenvalue weighted by Crippen LogP contribution is -2.10. The number of hydrogen-bond acceptors (Lipinski definition) is 2. The van der Waals surface area contributed by atoms with Gasteiger partial charge in [-0.3, -0.25) is 0 Å². The third-order valence-electron chi connectivity index (χ3n) is 12.4. The minimum Gasteiger partial charge on any atom is -0.456 e. The number of fused-ring (bicyclic) bond motifs is 7. The maximum atomic E-state index is 6.19. The van der Waals surface area contributed by atoms with Crippen LogP contribution in [0.25, 0.3) is 98.8 Å². The summed E-state index contributed by atoms with van der Waals surface area (Å²) in [5.74, 6) is 0. The Hall–Kier alpha value is -8.20. The first kappa shape index (κ1) is 35.7. The first-order chi connectivity index (χ1) is 30.7. The molecule has 11 aromatic carbocycles. The summed E-state index contributed by atoms with van der Waals surface area (Å²) in [6.07, 6.45) is 0. The lowest BCUT2D eigenvalue weighted by Gasteiger charge is -2.27. The second-order valence-corrected chi connectivity index (χ2v) is 16.1. The highest BCUT2D eigenvalue weighted by atomic mass is 16.3. The molecule has 62 heavy (non-hydrogen) atoms. The van der Waals surface area contributed by atoms with Gasteiger partial charge in [-0.05, 0) is 144 Å². The molecule has 290 valence electrons. The largest absolute Gasteiger partial charge is 0.456 e. The smallest absolute Gasteiger partial charge is 0.135 e. The molecule has 2 nitrogen and oxygen atoms in total. The SMILES string of the molecule is c1cc(-c2ccc3oc4ccccc4c3c2)cc(N(c2ccc(-c3ccc(-c4ccc5ccccc5c4)cc3)cc2)c2cccc(-c3cc4ccccc4c4ccccc34)c2)c1. The lowest BCUT2D eigenvalue weighted by molar-refractivity contribution is 0.669. The summed E-state index contributed by atoms with van der Waals surface area (Å²) < 4.78 is 6.19. The van der Waals surface area contributed by atoms with Gasteiger partial charge in [-0.25, -0.2) is 0 Å². The Labute approximate surface area is 360 Å². The van der Waals surface area contributed by atoms with Crippen molar-refractivity contribution in [3.05, 3.63) is 237 Å². The molecule has 0 aliphatic carbocycles. The van der Waals surface area contributed by atoms with Crippen molar-refractivity contribution in [2.24, 2.45) is 0 Å². The summed E-state index contributed by atoms with van der Waals surface area (Å²) in [6.45, 7) is 0. The molecule has 0 saturated heterocycles. The predicted molar refractivity (Wildman–Crippen MR) is 263 cm³/mol. The maximum absolute atomic E-state index is 6.19. The van der Waals surface area contributed by atoms with Crippen molar-refractivity contribution in [3.63, 3.8) is 0 Å². The van der Waals surface area contributed by atoms with Gasteiger partial charge in [-0.2, -0.15) is 0 Å². The minimum atomic E-state index is 0.897. The van der Waals surface area contributed by atoms with Gasteiger partial charge in [-0.15, -0.1) is 0 Å². The second-order valence-electron chi connectivity index (χ2n) is 16.1. The van der Waals surface area contributed by atoms with Crippen molar-refractivity contribution in [2.75, 3.05) is 4.90 Å². The van der Waals surface area contributed by atoms with E-state index in [1.54, 1.807) is 0 Å². The monoisotopic (exact) mass is 789 g/mol. The van der Waals surface area contributed by atoms with Crippen LogP contribution in [0.2, 0.25) is 0 Å². The normalized spacial score (nSPS) is 11.5. The van der Waals surface area contributed by atoms with E-state index in [0.29, 0.717) is 0 Å². The molecular weight excluding hydrogens is 751 g/mol. The van der Waals surface area contributed by atoms with Crippen LogP contribution in [0.1, 0.15) is 0 Å². The van der Waals surface area contributed by atoms with Gasteiger partial charge < -0.3 is 9.32 Å². The summed E-state index contributed by atoms with van der Waals surface area (Å²) in [7, 11) is 0. The average molecular weight is 790 g/mol. The molecule has 0 aliphatic heterocycles. The van der Waals surface area contributed by atoms with Crippen molar-refractivity contribution in [1.82, 2.24) is 0 Å². The summed E-state index contributed by atoms with van der Waals surface area (Å²) in [6, 6.07) is 85.6. The van der Waals surface area contributed by atoms with Crippen molar-refractivity contribution in [1.29, 1.82) is 0 Å². The third kappa shape index (κ3) is 6.29. The predicted octanol–water partition coefficient (Wildman–Crippen LogP) is 17.2. The Balaban J connectivity index is 0.955. The molecule has 0 amide bonds. The van der Waals surface area contributed by atoms with E-state index in [2.05, 4.69) is 229 Å². The molecule has 0 fully saturated rings. The van der Waals surface area contributed by atoms with Gasteiger partial charge >= 0.3 is 0 Å². The van der Waals surface area contributed by atoms with E-state index in [1.807, 2.05) is 12.1 Å². The Morgan fingerprint density at radius 1 is 0.242 bits per heavy atom. The molecule has 0 unspecified atom stereocenters. The number of nitrogens with zero attached hydrogens (tertiary/aromatic N) is 1. The van der Waals surface area contributed by atoms with Crippen molar-refractivity contribution >= 4 is 71.3 Å². The van der Waals surface area contributed by atoms with E-state index >= 15 is 0 Å². The molecule has 0 N–H and O–H groups in total. The molecule has 0 atom stereocenters. The molecule has 1 heterocycles. The fourth-order valence-electron chi connectivity index (χ4n) is 9.31. The number of benzene rings is 11. The van der Waals surface area contributed by atoms with Crippen LogP contribution < -0.4 is 4.90 Å². The van der Waals surface area contributed by atoms with E-state index in [4.69, 9.17) is 4.42 Å². The van der Waals surface area contributed by atoms with Gasteiger partial charge in [0.25, 0.3) is 0 Å². The number of anilines is 3. The van der Waals surface area contributed by atoms with Crippen molar-refractivity contribution in [3.8, 4) is 44.5 Å². The molecule has 2 heteroatoms. The minimum absolute atomic E-state index is 0.897. The van der Waals surface area contributed by atoms with Crippen LogP contribution in [0, 0.1) is 0 Å². The molecule has 0 saturated carbocycles. The van der Waals surface area contributed by atoms with Gasteiger partial charge in [0.05, 0.1) is 0 Å². The number of hydrogen-bond donors (Lipinski definition) is 0. The zero-order chi connectivity index (χ0) is 41.0. The van der Waals surface area contributed by atoms with Crippen LogP contribution in [-0.2, 0) is 0 Å². The third-order valence-corrected chi connectivity index (χ3v) is 12.4. The molecule has 1 aromatic heterocycles. The quantitative estimate of drug-likeness (QED) is 0.150. The van der Waals surface area contributed by atoms with Crippen LogP contribution >= 0.6 is 0 Å². The van der Waals surface area contributed by atoms with Gasteiger partial charge in [0.15, 0.2) is 0 Å². The molecule has 12 aromatic rings. The zero-order valence-electron chi connectivity index (χ0n) is 33.9. The first-order valence-electron chi connectivity index (χ1n) is 21.2. The maximum Gasteiger partial charge on any atom is 0.135 e. The van der Waals surface area contributed by atoms with Crippen LogP contribution in [0.3, 0.4) is 0 Å². The average Bonchev–Trinajstić information content (AvgIpc) is 3.72. The Bertz CT molecular complexity index is 3630. The fraction of sp³-hybridized carbons (Fsp3) is 0. The van der Waals surface area contributed by atoms with E-state index in [-0.39, 0.29) is 0 Å². The van der Waals surface area contributed by atoms with Gasteiger partial charge in [-0.1, -0.05) is 170 Å². The molecule has 0 radical (unpaired) electrons. The first-order valence-corrected chi connectivity index (χ1v) is 21.2. The summed E-state index contributed by atoms with van der Waals surface area (Å²) in [5.41, 5.74) is 14.5. The van der Waals surface area contributed by atoms with Gasteiger partial charge in [0, 0.05) is 27.8 Å². The highest BCUT2D eigenvalue weighted by Crippen LogP contribution is 2.42. The van der Waals surface area contributed by atoms with E-state index in [1.165, 1.54) is 65.7 Å². The molecule has 12 rings (SSSR count). The number of para-hydroxylation sites is 1. The highest BCUT2D eigenvalue weighted by Gasteiger charge is 2.17. The standard InChI is InChI=1S/C60H39NO/c1-2-12-44-35-46(28-27-40(44)11-1)43-25-23-41(24-26-43)42-29-32-50(33-30-42)61(51-16-9-14-45(36-51)47-31-34-60-58(38-47)56-21-7-8-22-59(56)62-60)52-17-10-15-48(37-52)57-39-49-13-3-4-18-53(49)54-19-5-6-20-55(54)57/h1-39H. The van der Waals surface area contributed by atoms with Crippen LogP contribution in [0.5, 0.6) is 0 Å². The van der Waals surface area contributed by atoms with Gasteiger partial charge in [0.1, 0.15) is 11.2 Å². The van der Waals surface area contributed by atoms with Crippen molar-refractivity contribution < 1.29 is 4.42 Å². The molecule has 0 aliphatic rings. The highest BCUT2D eigenvalue weighted by molar-refractivity contribution is 6.14. The fourth-order valence-corrected chi connectivity index (χ4v) is 9.31. The van der Waals surface area contributed by atoms with Crippen molar-refractivity contribution in [2.45, 2.75) is 0 Å². The van der Waals surface area contributed by atoms with E-state index in [0.717, 1.165) is 50.1 Å². The van der Waals surface area contributed by atoms with E-state index < -0.39 is 0 Å². The Morgan fingerprint density at radius 3 is 1.53 bits per heavy atom.